The average Bonchev–Trinajstić information content (AvgIpc) is 1.89. The van der Waals surface area contributed by atoms with E-state index in [-0.39, 0.29) is 0 Å². The SMILES string of the molecule is CCC(OCCN)C(N)=O. The Bertz CT molecular complexity index is 106. The number of primary amides is 1. The van der Waals surface area contributed by atoms with Gasteiger partial charge >= 0.3 is 0 Å². The normalized spacial score (nSPS) is 13.0. The van der Waals surface area contributed by atoms with E-state index in [0.717, 1.165) is 0 Å². The first-order valence-electron chi connectivity index (χ1n) is 3.33. The van der Waals surface area contributed by atoms with Gasteiger partial charge in [0.1, 0.15) is 6.10 Å². The lowest BCUT2D eigenvalue weighted by Gasteiger charge is -2.10. The van der Waals surface area contributed by atoms with Crippen LogP contribution < -0.4 is 11.5 Å². The molecule has 0 aromatic rings. The van der Waals surface area contributed by atoms with Crippen LogP contribution in [0.1, 0.15) is 13.3 Å². The van der Waals surface area contributed by atoms with E-state index in [1.54, 1.807) is 0 Å². The minimum Gasteiger partial charge on any atom is -0.367 e. The molecule has 0 heterocycles. The third kappa shape index (κ3) is 3.42. The molecule has 4 nitrogen and oxygen atoms in total. The summed E-state index contributed by atoms with van der Waals surface area (Å²) in [5.41, 5.74) is 10.1. The van der Waals surface area contributed by atoms with E-state index in [0.29, 0.717) is 19.6 Å². The van der Waals surface area contributed by atoms with Gasteiger partial charge in [0.2, 0.25) is 5.91 Å². The molecule has 60 valence electrons. The summed E-state index contributed by atoms with van der Waals surface area (Å²) in [6.07, 6.45) is 0.138. The van der Waals surface area contributed by atoms with Crippen molar-refractivity contribution in [3.63, 3.8) is 0 Å². The molecule has 1 amide bonds. The van der Waals surface area contributed by atoms with Gasteiger partial charge in [-0.3, -0.25) is 4.79 Å². The summed E-state index contributed by atoms with van der Waals surface area (Å²) < 4.78 is 5.00. The Labute approximate surface area is 60.5 Å². The fourth-order valence-corrected chi connectivity index (χ4v) is 0.611. The first kappa shape index (κ1) is 9.39. The molecule has 0 aliphatic rings. The van der Waals surface area contributed by atoms with Gasteiger partial charge in [0, 0.05) is 6.54 Å². The molecule has 4 N–H and O–H groups in total. The number of rotatable bonds is 5. The summed E-state index contributed by atoms with van der Waals surface area (Å²) >= 11 is 0. The molecular weight excluding hydrogens is 132 g/mol. The highest BCUT2D eigenvalue weighted by molar-refractivity contribution is 5.78. The maximum atomic E-state index is 10.5. The maximum absolute atomic E-state index is 10.5. The first-order valence-corrected chi connectivity index (χ1v) is 3.33. The van der Waals surface area contributed by atoms with Crippen LogP contribution in [0.5, 0.6) is 0 Å². The van der Waals surface area contributed by atoms with Crippen molar-refractivity contribution in [1.29, 1.82) is 0 Å². The van der Waals surface area contributed by atoms with Crippen LogP contribution in [0, 0.1) is 0 Å². The summed E-state index contributed by atoms with van der Waals surface area (Å²) in [6, 6.07) is 0. The predicted molar refractivity (Wildman–Crippen MR) is 38.3 cm³/mol. The van der Waals surface area contributed by atoms with E-state index in [4.69, 9.17) is 16.2 Å². The highest BCUT2D eigenvalue weighted by Gasteiger charge is 2.11. The van der Waals surface area contributed by atoms with Crippen LogP contribution >= 0.6 is 0 Å². The zero-order chi connectivity index (χ0) is 7.98. The summed E-state index contributed by atoms with van der Waals surface area (Å²) in [6.45, 7) is 2.65. The van der Waals surface area contributed by atoms with E-state index in [2.05, 4.69) is 0 Å². The number of ether oxygens (including phenoxy) is 1. The molecule has 0 spiro atoms. The number of hydrogen-bond donors (Lipinski definition) is 2. The molecule has 0 aromatic carbocycles. The molecule has 0 saturated carbocycles. The largest absolute Gasteiger partial charge is 0.367 e. The molecular formula is C6H14N2O2. The van der Waals surface area contributed by atoms with E-state index < -0.39 is 12.0 Å². The first-order chi connectivity index (χ1) is 4.72. The van der Waals surface area contributed by atoms with Crippen molar-refractivity contribution in [2.45, 2.75) is 19.4 Å². The molecule has 0 radical (unpaired) electrons. The lowest BCUT2D eigenvalue weighted by molar-refractivity contribution is -0.129. The van der Waals surface area contributed by atoms with Crippen molar-refractivity contribution in [2.24, 2.45) is 11.5 Å². The van der Waals surface area contributed by atoms with Crippen LogP contribution in [-0.2, 0) is 9.53 Å². The van der Waals surface area contributed by atoms with E-state index in [1.165, 1.54) is 0 Å². The van der Waals surface area contributed by atoms with Crippen molar-refractivity contribution in [3.8, 4) is 0 Å². The van der Waals surface area contributed by atoms with Crippen molar-refractivity contribution in [2.75, 3.05) is 13.2 Å². The monoisotopic (exact) mass is 146 g/mol. The van der Waals surface area contributed by atoms with E-state index in [9.17, 15) is 4.79 Å². The van der Waals surface area contributed by atoms with Crippen LogP contribution in [-0.4, -0.2) is 25.2 Å². The number of carbonyl (C=O) groups excluding carboxylic acids is 1. The lowest BCUT2D eigenvalue weighted by Crippen LogP contribution is -2.32. The van der Waals surface area contributed by atoms with Gasteiger partial charge in [-0.2, -0.15) is 0 Å². The van der Waals surface area contributed by atoms with Crippen molar-refractivity contribution >= 4 is 5.91 Å². The molecule has 0 rings (SSSR count). The van der Waals surface area contributed by atoms with Gasteiger partial charge in [-0.15, -0.1) is 0 Å². The molecule has 0 saturated heterocycles. The number of nitrogens with two attached hydrogens (primary N) is 2. The Morgan fingerprint density at radius 2 is 2.30 bits per heavy atom. The van der Waals surface area contributed by atoms with Crippen LogP contribution in [0.25, 0.3) is 0 Å². The van der Waals surface area contributed by atoms with Crippen LogP contribution in [0.2, 0.25) is 0 Å². The zero-order valence-electron chi connectivity index (χ0n) is 6.17. The molecule has 0 aliphatic carbocycles. The van der Waals surface area contributed by atoms with Crippen LogP contribution in [0.4, 0.5) is 0 Å². The second-order valence-electron chi connectivity index (χ2n) is 1.96. The highest BCUT2D eigenvalue weighted by atomic mass is 16.5. The molecule has 1 atom stereocenters. The van der Waals surface area contributed by atoms with E-state index >= 15 is 0 Å². The van der Waals surface area contributed by atoms with Gasteiger partial charge in [-0.1, -0.05) is 6.92 Å². The summed E-state index contributed by atoms with van der Waals surface area (Å²) in [5.74, 6) is -0.420. The smallest absolute Gasteiger partial charge is 0.246 e. The van der Waals surface area contributed by atoms with Gasteiger partial charge in [-0.05, 0) is 6.42 Å². The van der Waals surface area contributed by atoms with Crippen molar-refractivity contribution in [1.82, 2.24) is 0 Å². The van der Waals surface area contributed by atoms with Crippen LogP contribution in [0.15, 0.2) is 0 Å². The zero-order valence-corrected chi connectivity index (χ0v) is 6.17. The Morgan fingerprint density at radius 1 is 1.70 bits per heavy atom. The number of hydrogen-bond acceptors (Lipinski definition) is 3. The quantitative estimate of drug-likeness (QED) is 0.534. The van der Waals surface area contributed by atoms with Gasteiger partial charge in [-0.25, -0.2) is 0 Å². The van der Waals surface area contributed by atoms with Gasteiger partial charge < -0.3 is 16.2 Å². The molecule has 4 heteroatoms. The molecule has 10 heavy (non-hydrogen) atoms. The average molecular weight is 146 g/mol. The fourth-order valence-electron chi connectivity index (χ4n) is 0.611. The molecule has 0 bridgehead atoms. The standard InChI is InChI=1S/C6H14N2O2/c1-2-5(6(8)9)10-4-3-7/h5H,2-4,7H2,1H3,(H2,8,9). The summed E-state index contributed by atoms with van der Waals surface area (Å²) in [7, 11) is 0. The minimum atomic E-state index is -0.469. The topological polar surface area (TPSA) is 78.3 Å². The predicted octanol–water partition coefficient (Wildman–Crippen LogP) is -0.774. The van der Waals surface area contributed by atoms with Gasteiger partial charge in [0.15, 0.2) is 0 Å². The summed E-state index contributed by atoms with van der Waals surface area (Å²) in [5, 5.41) is 0. The Kier molecular flexibility index (Phi) is 4.88. The minimum absolute atomic E-state index is 0.390. The van der Waals surface area contributed by atoms with Crippen molar-refractivity contribution in [3.05, 3.63) is 0 Å². The van der Waals surface area contributed by atoms with Gasteiger partial charge in [0.05, 0.1) is 6.61 Å². The third-order valence-corrected chi connectivity index (χ3v) is 1.13. The van der Waals surface area contributed by atoms with Crippen molar-refractivity contribution < 1.29 is 9.53 Å². The van der Waals surface area contributed by atoms with E-state index in [1.807, 2.05) is 6.92 Å². The van der Waals surface area contributed by atoms with Crippen LogP contribution in [0.3, 0.4) is 0 Å². The molecule has 0 fully saturated rings. The highest BCUT2D eigenvalue weighted by Crippen LogP contribution is 1.94. The molecule has 0 aliphatic heterocycles. The fraction of sp³-hybridized carbons (Fsp3) is 0.833. The molecule has 0 aromatic heterocycles. The second-order valence-corrected chi connectivity index (χ2v) is 1.96. The Balaban J connectivity index is 3.50. The lowest BCUT2D eigenvalue weighted by atomic mass is 10.3. The second kappa shape index (κ2) is 5.20. The number of carbonyl (C=O) groups is 1. The Morgan fingerprint density at radius 3 is 2.60 bits per heavy atom. The third-order valence-electron chi connectivity index (χ3n) is 1.13. The molecule has 1 unspecified atom stereocenters. The summed E-state index contributed by atoms with van der Waals surface area (Å²) in [4.78, 5) is 10.5. The maximum Gasteiger partial charge on any atom is 0.246 e. The number of amides is 1. The Hall–Kier alpha value is -0.610. The van der Waals surface area contributed by atoms with Gasteiger partial charge in [0.25, 0.3) is 0 Å².